The monoisotopic (exact) mass is 328 g/mol. The fourth-order valence-electron chi connectivity index (χ4n) is 3.48. The quantitative estimate of drug-likeness (QED) is 0.774. The third kappa shape index (κ3) is 3.45. The van der Waals surface area contributed by atoms with Crippen LogP contribution in [0.5, 0.6) is 0 Å². The topological polar surface area (TPSA) is 42.0 Å². The number of nitrogens with zero attached hydrogens (tertiary/aromatic N) is 1. The maximum absolute atomic E-state index is 11.6. The van der Waals surface area contributed by atoms with E-state index < -0.39 is 0 Å². The van der Waals surface area contributed by atoms with E-state index in [1.807, 2.05) is 30.6 Å². The van der Waals surface area contributed by atoms with Gasteiger partial charge in [-0.2, -0.15) is 0 Å². The van der Waals surface area contributed by atoms with Gasteiger partial charge in [0.25, 0.3) is 0 Å². The van der Waals surface area contributed by atoms with Crippen molar-refractivity contribution in [3.05, 3.63) is 95.3 Å². The summed E-state index contributed by atoms with van der Waals surface area (Å²) in [6.07, 6.45) is 6.06. The van der Waals surface area contributed by atoms with E-state index in [4.69, 9.17) is 0 Å². The predicted octanol–water partition coefficient (Wildman–Crippen LogP) is 4.34. The molecule has 0 spiro atoms. The standard InChI is InChI=1S/C22H20N2O/c25-22-11-9-18-14-17(8-10-21(18)24-22)20(19-7-4-12-23-15-19)13-16-5-2-1-3-6-16/h1-8,10,12,14-15,20H,9,11,13H2,(H,24,25). The molecule has 3 heteroatoms. The number of fused-ring (bicyclic) bond motifs is 1. The molecule has 25 heavy (non-hydrogen) atoms. The molecule has 4 rings (SSSR count). The molecule has 0 fully saturated rings. The maximum atomic E-state index is 11.6. The van der Waals surface area contributed by atoms with Crippen LogP contribution < -0.4 is 5.32 Å². The second-order valence-corrected chi connectivity index (χ2v) is 6.49. The zero-order chi connectivity index (χ0) is 17.1. The number of hydrogen-bond acceptors (Lipinski definition) is 2. The van der Waals surface area contributed by atoms with Crippen LogP contribution in [-0.2, 0) is 17.6 Å². The van der Waals surface area contributed by atoms with Crippen molar-refractivity contribution >= 4 is 11.6 Å². The van der Waals surface area contributed by atoms with Crippen molar-refractivity contribution < 1.29 is 4.79 Å². The van der Waals surface area contributed by atoms with Crippen molar-refractivity contribution in [2.75, 3.05) is 5.32 Å². The zero-order valence-electron chi connectivity index (χ0n) is 14.0. The molecular weight excluding hydrogens is 308 g/mol. The number of pyridine rings is 1. The van der Waals surface area contributed by atoms with Gasteiger partial charge < -0.3 is 5.32 Å². The molecule has 0 bridgehead atoms. The Balaban J connectivity index is 1.72. The Labute approximate surface area is 147 Å². The summed E-state index contributed by atoms with van der Waals surface area (Å²) in [4.78, 5) is 15.9. The first kappa shape index (κ1) is 15.6. The highest BCUT2D eigenvalue weighted by atomic mass is 16.1. The Morgan fingerprint density at radius 1 is 0.960 bits per heavy atom. The molecule has 1 N–H and O–H groups in total. The minimum Gasteiger partial charge on any atom is -0.326 e. The number of aryl methyl sites for hydroxylation is 1. The lowest BCUT2D eigenvalue weighted by Crippen LogP contribution is -2.19. The van der Waals surface area contributed by atoms with Gasteiger partial charge >= 0.3 is 0 Å². The first-order chi connectivity index (χ1) is 12.3. The van der Waals surface area contributed by atoms with E-state index in [-0.39, 0.29) is 11.8 Å². The lowest BCUT2D eigenvalue weighted by molar-refractivity contribution is -0.116. The molecule has 3 aromatic rings. The highest BCUT2D eigenvalue weighted by molar-refractivity contribution is 5.93. The molecule has 1 aromatic heterocycles. The highest BCUT2D eigenvalue weighted by Crippen LogP contribution is 2.32. The van der Waals surface area contributed by atoms with E-state index in [0.717, 1.165) is 18.5 Å². The van der Waals surface area contributed by atoms with E-state index in [2.05, 4.69) is 52.8 Å². The molecule has 124 valence electrons. The van der Waals surface area contributed by atoms with Crippen LogP contribution in [0.2, 0.25) is 0 Å². The van der Waals surface area contributed by atoms with Crippen LogP contribution in [0.1, 0.15) is 34.6 Å². The van der Waals surface area contributed by atoms with Crippen LogP contribution in [0.15, 0.2) is 73.1 Å². The van der Waals surface area contributed by atoms with E-state index >= 15 is 0 Å². The van der Waals surface area contributed by atoms with Crippen molar-refractivity contribution in [1.82, 2.24) is 4.98 Å². The summed E-state index contributed by atoms with van der Waals surface area (Å²) in [5.74, 6) is 0.354. The summed E-state index contributed by atoms with van der Waals surface area (Å²) in [5, 5.41) is 2.96. The molecule has 1 aliphatic heterocycles. The summed E-state index contributed by atoms with van der Waals surface area (Å²) >= 11 is 0. The van der Waals surface area contributed by atoms with Crippen molar-refractivity contribution in [1.29, 1.82) is 0 Å². The van der Waals surface area contributed by atoms with E-state index in [9.17, 15) is 4.79 Å². The molecule has 1 amide bonds. The Morgan fingerprint density at radius 2 is 1.84 bits per heavy atom. The molecule has 2 aromatic carbocycles. The van der Waals surface area contributed by atoms with Crippen molar-refractivity contribution in [2.24, 2.45) is 0 Å². The summed E-state index contributed by atoms with van der Waals surface area (Å²) in [6, 6.07) is 21.1. The van der Waals surface area contributed by atoms with Crippen molar-refractivity contribution in [3.63, 3.8) is 0 Å². The van der Waals surface area contributed by atoms with Gasteiger partial charge in [0.05, 0.1) is 0 Å². The number of benzene rings is 2. The van der Waals surface area contributed by atoms with Gasteiger partial charge in [-0.3, -0.25) is 9.78 Å². The third-order valence-electron chi connectivity index (χ3n) is 4.80. The second kappa shape index (κ2) is 6.89. The molecule has 0 radical (unpaired) electrons. The Morgan fingerprint density at radius 3 is 2.64 bits per heavy atom. The van der Waals surface area contributed by atoms with Crippen LogP contribution in [0.4, 0.5) is 5.69 Å². The molecule has 0 aliphatic carbocycles. The number of hydrogen-bond donors (Lipinski definition) is 1. The number of nitrogens with one attached hydrogen (secondary N) is 1. The van der Waals surface area contributed by atoms with Gasteiger partial charge in [-0.25, -0.2) is 0 Å². The molecule has 1 unspecified atom stereocenters. The normalized spacial score (nSPS) is 14.5. The Kier molecular flexibility index (Phi) is 4.30. The number of amides is 1. The van der Waals surface area contributed by atoms with Gasteiger partial charge in [-0.15, -0.1) is 0 Å². The molecule has 2 heterocycles. The fourth-order valence-corrected chi connectivity index (χ4v) is 3.48. The molecule has 1 atom stereocenters. The van der Waals surface area contributed by atoms with Crippen LogP contribution in [-0.4, -0.2) is 10.9 Å². The van der Waals surface area contributed by atoms with Gasteiger partial charge in [0, 0.05) is 30.4 Å². The largest absolute Gasteiger partial charge is 0.326 e. The van der Waals surface area contributed by atoms with Gasteiger partial charge in [0.2, 0.25) is 5.91 Å². The summed E-state index contributed by atoms with van der Waals surface area (Å²) in [5.41, 5.74) is 5.96. The number of carbonyl (C=O) groups excluding carboxylic acids is 1. The minimum atomic E-state index is 0.105. The van der Waals surface area contributed by atoms with Crippen LogP contribution in [0.25, 0.3) is 0 Å². The molecular formula is C22H20N2O. The molecule has 1 aliphatic rings. The Bertz CT molecular complexity index is 875. The summed E-state index contributed by atoms with van der Waals surface area (Å²) in [6.45, 7) is 0. The average molecular weight is 328 g/mol. The third-order valence-corrected chi connectivity index (χ3v) is 4.80. The lowest BCUT2D eigenvalue weighted by Gasteiger charge is -2.22. The van der Waals surface area contributed by atoms with E-state index in [0.29, 0.717) is 6.42 Å². The van der Waals surface area contributed by atoms with Crippen molar-refractivity contribution in [2.45, 2.75) is 25.2 Å². The molecule has 0 saturated carbocycles. The number of rotatable bonds is 4. The number of carbonyl (C=O) groups is 1. The van der Waals surface area contributed by atoms with Gasteiger partial charge in [-0.05, 0) is 47.2 Å². The van der Waals surface area contributed by atoms with Gasteiger partial charge in [0.1, 0.15) is 0 Å². The van der Waals surface area contributed by atoms with Crippen molar-refractivity contribution in [3.8, 4) is 0 Å². The van der Waals surface area contributed by atoms with Crippen LogP contribution in [0.3, 0.4) is 0 Å². The number of aromatic nitrogens is 1. The Hall–Kier alpha value is -2.94. The lowest BCUT2D eigenvalue weighted by atomic mass is 9.85. The molecule has 0 saturated heterocycles. The van der Waals surface area contributed by atoms with E-state index in [1.54, 1.807) is 0 Å². The van der Waals surface area contributed by atoms with Crippen LogP contribution in [0, 0.1) is 0 Å². The van der Waals surface area contributed by atoms with Crippen LogP contribution >= 0.6 is 0 Å². The van der Waals surface area contributed by atoms with Gasteiger partial charge in [0.15, 0.2) is 0 Å². The van der Waals surface area contributed by atoms with Gasteiger partial charge in [-0.1, -0.05) is 48.5 Å². The predicted molar refractivity (Wildman–Crippen MR) is 99.6 cm³/mol. The van der Waals surface area contributed by atoms with E-state index in [1.165, 1.54) is 22.3 Å². The highest BCUT2D eigenvalue weighted by Gasteiger charge is 2.19. The first-order valence-corrected chi connectivity index (χ1v) is 8.66. The maximum Gasteiger partial charge on any atom is 0.224 e. The SMILES string of the molecule is O=C1CCc2cc(C(Cc3ccccc3)c3cccnc3)ccc2N1. The summed E-state index contributed by atoms with van der Waals surface area (Å²) in [7, 11) is 0. The first-order valence-electron chi connectivity index (χ1n) is 8.66. The average Bonchev–Trinajstić information content (AvgIpc) is 2.67. The molecule has 3 nitrogen and oxygen atoms in total. The number of anilines is 1. The second-order valence-electron chi connectivity index (χ2n) is 6.49. The summed E-state index contributed by atoms with van der Waals surface area (Å²) < 4.78 is 0. The minimum absolute atomic E-state index is 0.105. The zero-order valence-corrected chi connectivity index (χ0v) is 14.0. The fraction of sp³-hybridized carbons (Fsp3) is 0.182. The smallest absolute Gasteiger partial charge is 0.224 e.